The van der Waals surface area contributed by atoms with Gasteiger partial charge in [0.2, 0.25) is 0 Å². The van der Waals surface area contributed by atoms with Crippen LogP contribution in [0.1, 0.15) is 29.9 Å². The Morgan fingerprint density at radius 3 is 2.74 bits per heavy atom. The first-order chi connectivity index (χ1) is 9.11. The molecule has 0 aliphatic rings. The van der Waals surface area contributed by atoms with Gasteiger partial charge >= 0.3 is 0 Å². The number of hydrogen-bond donors (Lipinski definition) is 1. The third-order valence-corrected chi connectivity index (χ3v) is 3.60. The Bertz CT molecular complexity index is 553. The van der Waals surface area contributed by atoms with Gasteiger partial charge in [-0.15, -0.1) is 0 Å². The van der Waals surface area contributed by atoms with Gasteiger partial charge < -0.3 is 9.73 Å². The lowest BCUT2D eigenvalue weighted by Gasteiger charge is -2.17. The molecule has 2 nitrogen and oxygen atoms in total. The first-order valence-corrected chi connectivity index (χ1v) is 7.12. The minimum atomic E-state index is -0.193. The molecule has 0 saturated heterocycles. The van der Waals surface area contributed by atoms with Crippen LogP contribution in [0.4, 0.5) is 4.39 Å². The molecule has 0 saturated carbocycles. The highest BCUT2D eigenvalue weighted by molar-refractivity contribution is 9.10. The van der Waals surface area contributed by atoms with Gasteiger partial charge in [-0.05, 0) is 49.2 Å². The van der Waals surface area contributed by atoms with Crippen molar-refractivity contribution in [2.24, 2.45) is 0 Å². The quantitative estimate of drug-likeness (QED) is 0.882. The molecular weight excluding hydrogens is 309 g/mol. The standard InChI is InChI=1S/C15H17BrFNO/c1-3-18-14(15-10(2)6-7-19-15)8-11-4-5-12(16)9-13(11)17/h4-7,9,14,18H,3,8H2,1-2H3. The molecule has 0 bridgehead atoms. The molecule has 0 aliphatic heterocycles. The average Bonchev–Trinajstić information content (AvgIpc) is 2.78. The molecule has 1 atom stereocenters. The highest BCUT2D eigenvalue weighted by atomic mass is 79.9. The molecule has 19 heavy (non-hydrogen) atoms. The van der Waals surface area contributed by atoms with Crippen molar-refractivity contribution in [2.45, 2.75) is 26.3 Å². The van der Waals surface area contributed by atoms with Crippen LogP contribution in [-0.2, 0) is 6.42 Å². The summed E-state index contributed by atoms with van der Waals surface area (Å²) in [6, 6.07) is 7.08. The van der Waals surface area contributed by atoms with Crippen LogP contribution >= 0.6 is 15.9 Å². The fourth-order valence-electron chi connectivity index (χ4n) is 2.15. The van der Waals surface area contributed by atoms with E-state index in [0.29, 0.717) is 12.0 Å². The molecule has 0 radical (unpaired) electrons. The van der Waals surface area contributed by atoms with Crippen molar-refractivity contribution >= 4 is 15.9 Å². The largest absolute Gasteiger partial charge is 0.467 e. The van der Waals surface area contributed by atoms with E-state index in [4.69, 9.17) is 4.42 Å². The Hall–Kier alpha value is -1.13. The molecule has 0 aliphatic carbocycles. The topological polar surface area (TPSA) is 25.2 Å². The minimum Gasteiger partial charge on any atom is -0.467 e. The predicted octanol–water partition coefficient (Wildman–Crippen LogP) is 4.38. The highest BCUT2D eigenvalue weighted by Crippen LogP contribution is 2.25. The number of rotatable bonds is 5. The molecule has 0 spiro atoms. The number of halogens is 2. The maximum atomic E-state index is 13.9. The van der Waals surface area contributed by atoms with E-state index in [1.165, 1.54) is 6.07 Å². The number of likely N-dealkylation sites (N-methyl/N-ethyl adjacent to an activating group) is 1. The summed E-state index contributed by atoms with van der Waals surface area (Å²) in [5, 5.41) is 3.34. The molecule has 1 aromatic carbocycles. The van der Waals surface area contributed by atoms with Crippen molar-refractivity contribution in [3.8, 4) is 0 Å². The first-order valence-electron chi connectivity index (χ1n) is 6.33. The Morgan fingerprint density at radius 1 is 1.37 bits per heavy atom. The third-order valence-electron chi connectivity index (χ3n) is 3.11. The van der Waals surface area contributed by atoms with Gasteiger partial charge in [-0.2, -0.15) is 0 Å². The fourth-order valence-corrected chi connectivity index (χ4v) is 2.49. The summed E-state index contributed by atoms with van der Waals surface area (Å²) >= 11 is 3.27. The molecule has 2 aromatic rings. The number of benzene rings is 1. The number of hydrogen-bond acceptors (Lipinski definition) is 2. The van der Waals surface area contributed by atoms with Crippen LogP contribution in [0.15, 0.2) is 39.4 Å². The van der Waals surface area contributed by atoms with Crippen molar-refractivity contribution in [3.05, 3.63) is 57.7 Å². The van der Waals surface area contributed by atoms with Gasteiger partial charge in [0, 0.05) is 4.47 Å². The van der Waals surface area contributed by atoms with E-state index in [1.54, 1.807) is 6.26 Å². The Labute approximate surface area is 121 Å². The third kappa shape index (κ3) is 3.45. The monoisotopic (exact) mass is 325 g/mol. The van der Waals surface area contributed by atoms with E-state index in [9.17, 15) is 4.39 Å². The maximum Gasteiger partial charge on any atom is 0.127 e. The van der Waals surface area contributed by atoms with Crippen molar-refractivity contribution in [1.29, 1.82) is 0 Å². The zero-order valence-electron chi connectivity index (χ0n) is 11.0. The minimum absolute atomic E-state index is 0.00400. The van der Waals surface area contributed by atoms with Crippen molar-refractivity contribution in [1.82, 2.24) is 5.32 Å². The van der Waals surface area contributed by atoms with Gasteiger partial charge in [0.05, 0.1) is 12.3 Å². The SMILES string of the molecule is CCNC(Cc1ccc(Br)cc1F)c1occc1C. The Morgan fingerprint density at radius 2 is 2.16 bits per heavy atom. The van der Waals surface area contributed by atoms with Crippen LogP contribution in [0.2, 0.25) is 0 Å². The summed E-state index contributed by atoms with van der Waals surface area (Å²) < 4.78 is 20.2. The molecule has 1 heterocycles. The molecule has 1 unspecified atom stereocenters. The van der Waals surface area contributed by atoms with Gasteiger partial charge in [-0.1, -0.05) is 28.9 Å². The molecule has 102 valence electrons. The van der Waals surface area contributed by atoms with E-state index in [0.717, 1.165) is 22.3 Å². The normalized spacial score (nSPS) is 12.6. The van der Waals surface area contributed by atoms with Crippen molar-refractivity contribution in [2.75, 3.05) is 6.54 Å². The number of aryl methyl sites for hydroxylation is 1. The number of nitrogens with one attached hydrogen (secondary N) is 1. The molecule has 1 N–H and O–H groups in total. The molecule has 0 fully saturated rings. The van der Waals surface area contributed by atoms with Crippen molar-refractivity contribution in [3.63, 3.8) is 0 Å². The summed E-state index contributed by atoms with van der Waals surface area (Å²) in [5.41, 5.74) is 1.77. The second-order valence-corrected chi connectivity index (χ2v) is 5.43. The molecular formula is C15H17BrFNO. The maximum absolute atomic E-state index is 13.9. The summed E-state index contributed by atoms with van der Waals surface area (Å²) in [7, 11) is 0. The second kappa shape index (κ2) is 6.35. The summed E-state index contributed by atoms with van der Waals surface area (Å²) in [5.74, 6) is 0.686. The predicted molar refractivity (Wildman–Crippen MR) is 77.7 cm³/mol. The second-order valence-electron chi connectivity index (χ2n) is 4.52. The van der Waals surface area contributed by atoms with Crippen LogP contribution in [0.5, 0.6) is 0 Å². The van der Waals surface area contributed by atoms with Gasteiger partial charge in [-0.25, -0.2) is 4.39 Å². The summed E-state index contributed by atoms with van der Waals surface area (Å²) in [4.78, 5) is 0. The van der Waals surface area contributed by atoms with E-state index in [-0.39, 0.29) is 11.9 Å². The van der Waals surface area contributed by atoms with Crippen LogP contribution in [0.25, 0.3) is 0 Å². The lowest BCUT2D eigenvalue weighted by atomic mass is 10.0. The van der Waals surface area contributed by atoms with Gasteiger partial charge in [0.15, 0.2) is 0 Å². The Balaban J connectivity index is 2.24. The highest BCUT2D eigenvalue weighted by Gasteiger charge is 2.18. The molecule has 4 heteroatoms. The van der Waals surface area contributed by atoms with Crippen LogP contribution in [-0.4, -0.2) is 6.54 Å². The number of furan rings is 1. The molecule has 1 aromatic heterocycles. The Kier molecular flexibility index (Phi) is 4.77. The van der Waals surface area contributed by atoms with E-state index in [1.807, 2.05) is 32.0 Å². The average molecular weight is 326 g/mol. The van der Waals surface area contributed by atoms with E-state index >= 15 is 0 Å². The van der Waals surface area contributed by atoms with E-state index < -0.39 is 0 Å². The van der Waals surface area contributed by atoms with Crippen LogP contribution < -0.4 is 5.32 Å². The van der Waals surface area contributed by atoms with Crippen LogP contribution in [0.3, 0.4) is 0 Å². The van der Waals surface area contributed by atoms with Gasteiger partial charge in [-0.3, -0.25) is 0 Å². The summed E-state index contributed by atoms with van der Waals surface area (Å²) in [6.07, 6.45) is 2.24. The van der Waals surface area contributed by atoms with E-state index in [2.05, 4.69) is 21.2 Å². The smallest absolute Gasteiger partial charge is 0.127 e. The lowest BCUT2D eigenvalue weighted by Crippen LogP contribution is -2.23. The lowest BCUT2D eigenvalue weighted by molar-refractivity contribution is 0.410. The van der Waals surface area contributed by atoms with Crippen molar-refractivity contribution < 1.29 is 8.81 Å². The molecule has 2 rings (SSSR count). The fraction of sp³-hybridized carbons (Fsp3) is 0.333. The zero-order chi connectivity index (χ0) is 13.8. The zero-order valence-corrected chi connectivity index (χ0v) is 12.6. The van der Waals surface area contributed by atoms with Gasteiger partial charge in [0.25, 0.3) is 0 Å². The summed E-state index contributed by atoms with van der Waals surface area (Å²) in [6.45, 7) is 4.84. The van der Waals surface area contributed by atoms with Gasteiger partial charge in [0.1, 0.15) is 11.6 Å². The molecule has 0 amide bonds. The van der Waals surface area contributed by atoms with Crippen LogP contribution in [0, 0.1) is 12.7 Å². The first kappa shape index (κ1) is 14.3.